The fourth-order valence-corrected chi connectivity index (χ4v) is 1.56. The van der Waals surface area contributed by atoms with Gasteiger partial charge < -0.3 is 5.73 Å². The molecule has 0 aromatic heterocycles. The molecule has 3 N–H and O–H groups in total. The second-order valence-corrected chi connectivity index (χ2v) is 4.47. The zero-order chi connectivity index (χ0) is 12.8. The van der Waals surface area contributed by atoms with Crippen molar-refractivity contribution < 1.29 is 4.79 Å². The summed E-state index contributed by atoms with van der Waals surface area (Å²) in [4.78, 5) is 10.5. The van der Waals surface area contributed by atoms with E-state index in [1.165, 1.54) is 5.56 Å². The van der Waals surface area contributed by atoms with Crippen LogP contribution in [0.2, 0.25) is 0 Å². The first kappa shape index (κ1) is 13.2. The van der Waals surface area contributed by atoms with Crippen LogP contribution in [-0.2, 0) is 6.42 Å². The van der Waals surface area contributed by atoms with Crippen LogP contribution in [-0.4, -0.2) is 11.7 Å². The van der Waals surface area contributed by atoms with Gasteiger partial charge in [0.05, 0.1) is 5.71 Å². The first-order valence-corrected chi connectivity index (χ1v) is 5.68. The molecular formula is C13H19N3O. The Kier molecular flexibility index (Phi) is 4.69. The Hall–Kier alpha value is -1.84. The van der Waals surface area contributed by atoms with Crippen molar-refractivity contribution in [3.05, 3.63) is 35.4 Å². The summed E-state index contributed by atoms with van der Waals surface area (Å²) in [6.45, 7) is 6.21. The highest BCUT2D eigenvalue weighted by atomic mass is 16.2. The summed E-state index contributed by atoms with van der Waals surface area (Å²) in [6, 6.07) is 7.51. The maximum absolute atomic E-state index is 10.5. The van der Waals surface area contributed by atoms with Crippen LogP contribution in [0.15, 0.2) is 29.4 Å². The molecule has 0 fully saturated rings. The molecule has 1 aromatic carbocycles. The van der Waals surface area contributed by atoms with Crippen LogP contribution < -0.4 is 11.2 Å². The number of hydrogen-bond acceptors (Lipinski definition) is 2. The van der Waals surface area contributed by atoms with E-state index < -0.39 is 6.03 Å². The van der Waals surface area contributed by atoms with E-state index in [9.17, 15) is 4.79 Å². The Bertz CT molecular complexity index is 407. The minimum absolute atomic E-state index is 0.646. The number of carbonyl (C=O) groups excluding carboxylic acids is 1. The van der Waals surface area contributed by atoms with Gasteiger partial charge in [0.25, 0.3) is 0 Å². The van der Waals surface area contributed by atoms with Gasteiger partial charge in [-0.25, -0.2) is 10.2 Å². The standard InChI is InChI=1S/C13H19N3O/c1-9(2)8-11-4-6-12(7-5-11)10(3)15-16-13(14)17/h4-7,9H,8H2,1-3H3,(H3,14,16,17). The van der Waals surface area contributed by atoms with Crippen molar-refractivity contribution in [3.63, 3.8) is 0 Å². The van der Waals surface area contributed by atoms with Crippen molar-refractivity contribution in [2.45, 2.75) is 27.2 Å². The number of carbonyl (C=O) groups is 1. The molecule has 1 rings (SSSR count). The highest BCUT2D eigenvalue weighted by molar-refractivity contribution is 5.99. The van der Waals surface area contributed by atoms with Crippen LogP contribution in [0, 0.1) is 5.92 Å². The maximum Gasteiger partial charge on any atom is 0.332 e. The van der Waals surface area contributed by atoms with E-state index in [1.807, 2.05) is 19.1 Å². The lowest BCUT2D eigenvalue weighted by molar-refractivity contribution is 0.249. The number of urea groups is 1. The van der Waals surface area contributed by atoms with Gasteiger partial charge in [-0.15, -0.1) is 0 Å². The molecule has 0 bridgehead atoms. The number of nitrogens with two attached hydrogens (primary N) is 1. The van der Waals surface area contributed by atoms with E-state index in [0.717, 1.165) is 17.7 Å². The zero-order valence-corrected chi connectivity index (χ0v) is 10.5. The second kappa shape index (κ2) is 6.03. The van der Waals surface area contributed by atoms with Gasteiger partial charge in [-0.05, 0) is 30.4 Å². The maximum atomic E-state index is 10.5. The Morgan fingerprint density at radius 3 is 2.41 bits per heavy atom. The van der Waals surface area contributed by atoms with Gasteiger partial charge in [0, 0.05) is 0 Å². The third-order valence-electron chi connectivity index (χ3n) is 2.35. The van der Waals surface area contributed by atoms with E-state index in [4.69, 9.17) is 5.73 Å². The summed E-state index contributed by atoms with van der Waals surface area (Å²) in [6.07, 6.45) is 1.07. The number of nitrogens with zero attached hydrogens (tertiary/aromatic N) is 1. The van der Waals surface area contributed by atoms with Gasteiger partial charge in [-0.1, -0.05) is 38.1 Å². The molecule has 17 heavy (non-hydrogen) atoms. The van der Waals surface area contributed by atoms with E-state index in [1.54, 1.807) is 0 Å². The lowest BCUT2D eigenvalue weighted by Crippen LogP contribution is -2.25. The van der Waals surface area contributed by atoms with Crippen LogP contribution in [0.4, 0.5) is 4.79 Å². The summed E-state index contributed by atoms with van der Waals surface area (Å²) < 4.78 is 0. The summed E-state index contributed by atoms with van der Waals surface area (Å²) >= 11 is 0. The van der Waals surface area contributed by atoms with Gasteiger partial charge in [0.2, 0.25) is 0 Å². The molecule has 0 radical (unpaired) electrons. The van der Waals surface area contributed by atoms with E-state index in [2.05, 4.69) is 36.5 Å². The number of hydrogen-bond donors (Lipinski definition) is 2. The molecule has 4 heteroatoms. The SMILES string of the molecule is CC(=NNC(N)=O)c1ccc(CC(C)C)cc1. The topological polar surface area (TPSA) is 67.5 Å². The number of amides is 2. The molecule has 0 aliphatic heterocycles. The van der Waals surface area contributed by atoms with Crippen LogP contribution in [0.3, 0.4) is 0 Å². The fourth-order valence-electron chi connectivity index (χ4n) is 1.56. The third-order valence-corrected chi connectivity index (χ3v) is 2.35. The highest BCUT2D eigenvalue weighted by Crippen LogP contribution is 2.10. The molecule has 0 unspecified atom stereocenters. The van der Waals surface area contributed by atoms with Crippen LogP contribution in [0.1, 0.15) is 31.9 Å². The Morgan fingerprint density at radius 1 is 1.35 bits per heavy atom. The van der Waals surface area contributed by atoms with Crippen LogP contribution in [0.5, 0.6) is 0 Å². The summed E-state index contributed by atoms with van der Waals surface area (Å²) in [5.74, 6) is 0.646. The van der Waals surface area contributed by atoms with Crippen molar-refractivity contribution in [2.75, 3.05) is 0 Å². The van der Waals surface area contributed by atoms with E-state index in [0.29, 0.717) is 5.92 Å². The van der Waals surface area contributed by atoms with Gasteiger partial charge in [0.1, 0.15) is 0 Å². The molecule has 0 spiro atoms. The zero-order valence-electron chi connectivity index (χ0n) is 10.5. The highest BCUT2D eigenvalue weighted by Gasteiger charge is 2.00. The molecule has 0 heterocycles. The molecule has 0 atom stereocenters. The smallest absolute Gasteiger partial charge is 0.332 e. The first-order chi connectivity index (χ1) is 7.99. The number of rotatable bonds is 4. The van der Waals surface area contributed by atoms with Crippen LogP contribution >= 0.6 is 0 Å². The van der Waals surface area contributed by atoms with Crippen molar-refractivity contribution in [2.24, 2.45) is 16.8 Å². The van der Waals surface area contributed by atoms with Gasteiger partial charge in [0.15, 0.2) is 0 Å². The van der Waals surface area contributed by atoms with E-state index >= 15 is 0 Å². The second-order valence-electron chi connectivity index (χ2n) is 4.47. The molecular weight excluding hydrogens is 214 g/mol. The molecule has 0 aliphatic carbocycles. The minimum Gasteiger partial charge on any atom is -0.350 e. The van der Waals surface area contributed by atoms with Crippen molar-refractivity contribution in [3.8, 4) is 0 Å². The molecule has 1 aromatic rings. The lowest BCUT2D eigenvalue weighted by Gasteiger charge is -2.06. The quantitative estimate of drug-likeness (QED) is 0.608. The fraction of sp³-hybridized carbons (Fsp3) is 0.385. The Morgan fingerprint density at radius 2 is 1.94 bits per heavy atom. The Balaban J connectivity index is 2.73. The normalized spacial score (nSPS) is 11.6. The largest absolute Gasteiger partial charge is 0.350 e. The van der Waals surface area contributed by atoms with Crippen molar-refractivity contribution in [1.82, 2.24) is 5.43 Å². The summed E-state index contributed by atoms with van der Waals surface area (Å²) in [7, 11) is 0. The monoisotopic (exact) mass is 233 g/mol. The predicted molar refractivity (Wildman–Crippen MR) is 69.9 cm³/mol. The van der Waals surface area contributed by atoms with Crippen molar-refractivity contribution in [1.29, 1.82) is 0 Å². The van der Waals surface area contributed by atoms with Gasteiger partial charge in [-0.3, -0.25) is 0 Å². The third kappa shape index (κ3) is 4.68. The number of nitrogens with one attached hydrogen (secondary N) is 1. The van der Waals surface area contributed by atoms with Gasteiger partial charge in [-0.2, -0.15) is 5.10 Å². The first-order valence-electron chi connectivity index (χ1n) is 5.68. The Labute approximate surface area is 102 Å². The minimum atomic E-state index is -0.652. The number of benzene rings is 1. The summed E-state index contributed by atoms with van der Waals surface area (Å²) in [5.41, 5.74) is 10.2. The van der Waals surface area contributed by atoms with E-state index in [-0.39, 0.29) is 0 Å². The average molecular weight is 233 g/mol. The molecule has 0 saturated carbocycles. The number of primary amides is 1. The lowest BCUT2D eigenvalue weighted by atomic mass is 10.0. The molecule has 0 saturated heterocycles. The molecule has 92 valence electrons. The van der Waals surface area contributed by atoms with Crippen LogP contribution in [0.25, 0.3) is 0 Å². The number of hydrazone groups is 1. The average Bonchev–Trinajstić information content (AvgIpc) is 2.26. The van der Waals surface area contributed by atoms with Crippen molar-refractivity contribution >= 4 is 11.7 Å². The molecule has 4 nitrogen and oxygen atoms in total. The molecule has 2 amide bonds. The predicted octanol–water partition coefficient (Wildman–Crippen LogP) is 2.28. The summed E-state index contributed by atoms with van der Waals surface area (Å²) in [5, 5.41) is 3.88. The molecule has 0 aliphatic rings. The van der Waals surface area contributed by atoms with Gasteiger partial charge >= 0.3 is 6.03 Å².